The highest BCUT2D eigenvalue weighted by Gasteiger charge is 2.25. The summed E-state index contributed by atoms with van der Waals surface area (Å²) in [5.74, 6) is 0.675. The molecule has 23 heavy (non-hydrogen) atoms. The minimum absolute atomic E-state index is 0.259. The molecule has 4 rings (SSSR count). The molecule has 0 bridgehead atoms. The lowest BCUT2D eigenvalue weighted by Crippen LogP contribution is -2.23. The molecule has 0 fully saturated rings. The monoisotopic (exact) mass is 304 g/mol. The van der Waals surface area contributed by atoms with Gasteiger partial charge in [-0.25, -0.2) is 4.74 Å². The molecule has 0 saturated heterocycles. The van der Waals surface area contributed by atoms with Crippen molar-refractivity contribution >= 4 is 22.6 Å². The molecule has 0 aliphatic carbocycles. The van der Waals surface area contributed by atoms with Gasteiger partial charge in [-0.15, -0.1) is 5.10 Å². The molecule has 0 radical (unpaired) electrons. The minimum atomic E-state index is 0.259. The predicted molar refractivity (Wildman–Crippen MR) is 85.5 cm³/mol. The third-order valence-electron chi connectivity index (χ3n) is 3.48. The lowest BCUT2D eigenvalue weighted by Gasteiger charge is -2.12. The summed E-state index contributed by atoms with van der Waals surface area (Å²) in [6, 6.07) is 19.8. The number of nitrogens with zero attached hydrogens (tertiary/aromatic N) is 4. The molecule has 0 saturated carbocycles. The first-order chi connectivity index (χ1) is 11.3. The number of hydrogen-bond donors (Lipinski definition) is 0. The van der Waals surface area contributed by atoms with Crippen LogP contribution in [-0.4, -0.2) is 25.6 Å². The standard InChI is InChI=1S/C17H12N4O2/c22-21(13-7-2-1-3-8-13)17(16-11-6-12-23-16)20-15-10-5-4-9-14(15)18-19-20/h1-12H/b21-17+. The summed E-state index contributed by atoms with van der Waals surface area (Å²) in [6.45, 7) is 0. The van der Waals surface area contributed by atoms with Crippen molar-refractivity contribution in [3.8, 4) is 0 Å². The van der Waals surface area contributed by atoms with Gasteiger partial charge in [-0.1, -0.05) is 35.0 Å². The number of benzene rings is 2. The van der Waals surface area contributed by atoms with Crippen molar-refractivity contribution in [2.75, 3.05) is 0 Å². The van der Waals surface area contributed by atoms with Gasteiger partial charge in [0, 0.05) is 5.21 Å². The van der Waals surface area contributed by atoms with Crippen LogP contribution in [0.25, 0.3) is 11.0 Å². The van der Waals surface area contributed by atoms with Crippen LogP contribution < -0.4 is 0 Å². The van der Waals surface area contributed by atoms with Gasteiger partial charge in [0.2, 0.25) is 5.76 Å². The van der Waals surface area contributed by atoms with E-state index in [9.17, 15) is 5.21 Å². The van der Waals surface area contributed by atoms with Crippen LogP contribution in [0.4, 0.5) is 5.69 Å². The number of para-hydroxylation sites is 2. The van der Waals surface area contributed by atoms with E-state index in [1.807, 2.05) is 30.3 Å². The number of furan rings is 1. The predicted octanol–water partition coefficient (Wildman–Crippen LogP) is 3.16. The van der Waals surface area contributed by atoms with Gasteiger partial charge in [-0.2, -0.15) is 0 Å². The first-order valence-corrected chi connectivity index (χ1v) is 7.08. The summed E-state index contributed by atoms with van der Waals surface area (Å²) in [5.41, 5.74) is 1.92. The zero-order valence-corrected chi connectivity index (χ0v) is 12.0. The molecule has 6 nitrogen and oxygen atoms in total. The molecule has 4 aromatic rings. The largest absolute Gasteiger partial charge is 0.710 e. The normalized spacial score (nSPS) is 12.3. The maximum atomic E-state index is 12.9. The molecule has 112 valence electrons. The van der Waals surface area contributed by atoms with Crippen LogP contribution >= 0.6 is 0 Å². The highest BCUT2D eigenvalue weighted by atomic mass is 16.5. The average Bonchev–Trinajstić information content (AvgIpc) is 3.27. The highest BCUT2D eigenvalue weighted by Crippen LogP contribution is 2.17. The molecule has 0 aliphatic heterocycles. The van der Waals surface area contributed by atoms with Crippen molar-refractivity contribution in [3.63, 3.8) is 0 Å². The Hall–Kier alpha value is -3.41. The first kappa shape index (κ1) is 13.3. The number of rotatable bonds is 2. The van der Waals surface area contributed by atoms with E-state index in [4.69, 9.17) is 4.42 Å². The van der Waals surface area contributed by atoms with Crippen LogP contribution in [0.5, 0.6) is 0 Å². The van der Waals surface area contributed by atoms with Crippen LogP contribution in [0.15, 0.2) is 77.4 Å². The fourth-order valence-corrected chi connectivity index (χ4v) is 2.41. The van der Waals surface area contributed by atoms with E-state index in [2.05, 4.69) is 10.3 Å². The summed E-state index contributed by atoms with van der Waals surface area (Å²) in [7, 11) is 0. The van der Waals surface area contributed by atoms with E-state index in [1.165, 1.54) is 10.9 Å². The SMILES string of the molecule is [O-]/[N+](=C(\c1ccco1)n1nnc2ccccc21)c1ccccc1. The van der Waals surface area contributed by atoms with Gasteiger partial charge < -0.3 is 9.62 Å². The second kappa shape index (κ2) is 5.42. The van der Waals surface area contributed by atoms with Gasteiger partial charge >= 0.3 is 5.84 Å². The number of hydrogen-bond acceptors (Lipinski definition) is 4. The van der Waals surface area contributed by atoms with Crippen LogP contribution in [0.1, 0.15) is 5.76 Å². The van der Waals surface area contributed by atoms with Crippen LogP contribution in [-0.2, 0) is 0 Å². The fourth-order valence-electron chi connectivity index (χ4n) is 2.41. The van der Waals surface area contributed by atoms with E-state index in [0.717, 1.165) is 10.3 Å². The molecule has 2 heterocycles. The quantitative estimate of drug-likeness (QED) is 0.187. The third kappa shape index (κ3) is 2.26. The van der Waals surface area contributed by atoms with Gasteiger partial charge in [0.15, 0.2) is 5.52 Å². The lowest BCUT2D eigenvalue weighted by atomic mass is 10.3. The Morgan fingerprint density at radius 3 is 2.52 bits per heavy atom. The number of fused-ring (bicyclic) bond motifs is 1. The Kier molecular flexibility index (Phi) is 3.12. The second-order valence-electron chi connectivity index (χ2n) is 4.92. The Balaban J connectivity index is 2.01. The fraction of sp³-hybridized carbons (Fsp3) is 0. The summed E-state index contributed by atoms with van der Waals surface area (Å²) in [5, 5.41) is 21.2. The van der Waals surface area contributed by atoms with Crippen LogP contribution in [0, 0.1) is 5.21 Å². The zero-order valence-electron chi connectivity index (χ0n) is 12.0. The van der Waals surface area contributed by atoms with Crippen molar-refractivity contribution in [2.45, 2.75) is 0 Å². The molecule has 0 unspecified atom stereocenters. The highest BCUT2D eigenvalue weighted by molar-refractivity contribution is 5.99. The van der Waals surface area contributed by atoms with E-state index >= 15 is 0 Å². The lowest BCUT2D eigenvalue weighted by molar-refractivity contribution is -0.363. The van der Waals surface area contributed by atoms with Gasteiger partial charge in [0.1, 0.15) is 11.2 Å². The molecule has 2 aromatic carbocycles. The topological polar surface area (TPSA) is 69.9 Å². The van der Waals surface area contributed by atoms with Crippen molar-refractivity contribution < 1.29 is 9.16 Å². The van der Waals surface area contributed by atoms with Gasteiger partial charge in [-0.3, -0.25) is 0 Å². The molecule has 2 aromatic heterocycles. The van der Waals surface area contributed by atoms with Gasteiger partial charge in [0.05, 0.1) is 6.26 Å². The van der Waals surface area contributed by atoms with E-state index < -0.39 is 0 Å². The maximum absolute atomic E-state index is 12.9. The molecule has 0 N–H and O–H groups in total. The summed E-state index contributed by atoms with van der Waals surface area (Å²) < 4.78 is 7.73. The van der Waals surface area contributed by atoms with Crippen molar-refractivity contribution in [2.24, 2.45) is 0 Å². The Bertz CT molecular complexity index is 972. The molecular weight excluding hydrogens is 292 g/mol. The molecule has 0 aliphatic rings. The minimum Gasteiger partial charge on any atom is -0.710 e. The molecule has 0 amide bonds. The van der Waals surface area contributed by atoms with Gasteiger partial charge in [-0.05, 0) is 36.4 Å². The Labute approximate surface area is 131 Å². The van der Waals surface area contributed by atoms with E-state index in [0.29, 0.717) is 17.0 Å². The molecular formula is C17H12N4O2. The van der Waals surface area contributed by atoms with Gasteiger partial charge in [0.25, 0.3) is 0 Å². The van der Waals surface area contributed by atoms with Crippen molar-refractivity contribution in [3.05, 3.63) is 84.0 Å². The first-order valence-electron chi connectivity index (χ1n) is 7.08. The molecule has 0 atom stereocenters. The Morgan fingerprint density at radius 2 is 1.74 bits per heavy atom. The summed E-state index contributed by atoms with van der Waals surface area (Å²) in [4.78, 5) is 0. The summed E-state index contributed by atoms with van der Waals surface area (Å²) >= 11 is 0. The van der Waals surface area contributed by atoms with E-state index in [1.54, 1.807) is 36.4 Å². The van der Waals surface area contributed by atoms with E-state index in [-0.39, 0.29) is 5.84 Å². The van der Waals surface area contributed by atoms with Crippen molar-refractivity contribution in [1.82, 2.24) is 15.0 Å². The third-order valence-corrected chi connectivity index (χ3v) is 3.48. The maximum Gasteiger partial charge on any atom is 0.356 e. The van der Waals surface area contributed by atoms with Crippen LogP contribution in [0.2, 0.25) is 0 Å². The van der Waals surface area contributed by atoms with Crippen molar-refractivity contribution in [1.29, 1.82) is 0 Å². The zero-order chi connectivity index (χ0) is 15.6. The second-order valence-corrected chi connectivity index (χ2v) is 4.92. The molecule has 6 heteroatoms. The number of aromatic nitrogens is 3. The molecule has 0 spiro atoms. The smallest absolute Gasteiger partial charge is 0.356 e. The van der Waals surface area contributed by atoms with Crippen LogP contribution in [0.3, 0.4) is 0 Å². The average molecular weight is 304 g/mol. The summed E-state index contributed by atoms with van der Waals surface area (Å²) in [6.07, 6.45) is 1.52. The Morgan fingerprint density at radius 1 is 0.957 bits per heavy atom.